The second-order valence-electron chi connectivity index (χ2n) is 9.92. The Balaban J connectivity index is 0.000000264. The average molecular weight is 878 g/mol. The molecular formula is C40H37BF4OP2Pt+. The van der Waals surface area contributed by atoms with E-state index in [2.05, 4.69) is 201 Å². The van der Waals surface area contributed by atoms with E-state index in [1.807, 2.05) is 0 Å². The Hall–Kier alpha value is -3.39. The molecule has 49 heavy (non-hydrogen) atoms. The van der Waals surface area contributed by atoms with Gasteiger partial charge in [-0.2, -0.15) is 0 Å². The van der Waals surface area contributed by atoms with E-state index < -0.39 is 23.1 Å². The molecule has 0 bridgehead atoms. The maximum atomic E-state index is 9.75. The zero-order valence-corrected chi connectivity index (χ0v) is 31.0. The van der Waals surface area contributed by atoms with Gasteiger partial charge in [-0.15, -0.1) is 0 Å². The van der Waals surface area contributed by atoms with Crippen molar-refractivity contribution in [3.63, 3.8) is 0 Å². The fourth-order valence-corrected chi connectivity index (χ4v) is 8.97. The third kappa shape index (κ3) is 16.2. The van der Waals surface area contributed by atoms with Gasteiger partial charge in [-0.25, -0.2) is 0 Å². The van der Waals surface area contributed by atoms with Crippen molar-refractivity contribution in [2.45, 2.75) is 0 Å². The SMILES string of the molecule is F[B-](F)(F)F.[CH2][C]([CH2])OC.[Pt+2].c1ccc(P(c2ccccc2)c2ccccc2)cc1.c1ccc(P(c2ccccc2)c2ccccc2)cc1. The summed E-state index contributed by atoms with van der Waals surface area (Å²) in [5.74, 6) is 0. The van der Waals surface area contributed by atoms with E-state index in [0.29, 0.717) is 6.10 Å². The van der Waals surface area contributed by atoms with Crippen molar-refractivity contribution in [2.24, 2.45) is 0 Å². The van der Waals surface area contributed by atoms with E-state index in [4.69, 9.17) is 0 Å². The second kappa shape index (κ2) is 23.1. The zero-order chi connectivity index (χ0) is 34.6. The molecule has 6 aromatic carbocycles. The summed E-state index contributed by atoms with van der Waals surface area (Å²) in [6.07, 6.45) is 0.505. The molecule has 6 aromatic rings. The van der Waals surface area contributed by atoms with E-state index in [-0.39, 0.29) is 21.1 Å². The molecule has 3 radical (unpaired) electrons. The summed E-state index contributed by atoms with van der Waals surface area (Å²) in [5.41, 5.74) is 0. The van der Waals surface area contributed by atoms with Crippen LogP contribution in [0.25, 0.3) is 0 Å². The van der Waals surface area contributed by atoms with Crippen LogP contribution in [0, 0.1) is 20.0 Å². The number of hydrogen-bond acceptors (Lipinski definition) is 1. The summed E-state index contributed by atoms with van der Waals surface area (Å²) in [5, 5.41) is 8.39. The van der Waals surface area contributed by atoms with Crippen LogP contribution in [-0.2, 0) is 25.8 Å². The minimum atomic E-state index is -6.00. The molecule has 0 aliphatic rings. The first kappa shape index (κ1) is 41.8. The molecule has 0 aliphatic carbocycles. The van der Waals surface area contributed by atoms with Crippen LogP contribution in [0.5, 0.6) is 0 Å². The van der Waals surface area contributed by atoms with Crippen LogP contribution < -0.4 is 31.8 Å². The Labute approximate surface area is 305 Å². The van der Waals surface area contributed by atoms with E-state index in [9.17, 15) is 17.3 Å². The molecule has 0 aromatic heterocycles. The molecule has 6 rings (SSSR count). The Bertz CT molecular complexity index is 1360. The third-order valence-corrected chi connectivity index (χ3v) is 11.3. The van der Waals surface area contributed by atoms with Crippen molar-refractivity contribution in [1.29, 1.82) is 0 Å². The van der Waals surface area contributed by atoms with Gasteiger partial charge >= 0.3 is 28.3 Å². The molecule has 0 aliphatic heterocycles. The maximum absolute atomic E-state index is 9.75. The molecule has 0 heterocycles. The molecule has 0 spiro atoms. The summed E-state index contributed by atoms with van der Waals surface area (Å²) >= 11 is 0. The van der Waals surface area contributed by atoms with Crippen molar-refractivity contribution in [2.75, 3.05) is 7.11 Å². The van der Waals surface area contributed by atoms with Gasteiger partial charge in [0.05, 0.1) is 6.10 Å². The molecule has 1 nitrogen and oxygen atoms in total. The van der Waals surface area contributed by atoms with Crippen LogP contribution in [0.3, 0.4) is 0 Å². The van der Waals surface area contributed by atoms with Crippen LogP contribution in [0.4, 0.5) is 17.3 Å². The quantitative estimate of drug-likeness (QED) is 0.0885. The largest absolute Gasteiger partial charge is 2.00 e. The van der Waals surface area contributed by atoms with E-state index in [1.54, 1.807) is 0 Å². The average Bonchev–Trinajstić information content (AvgIpc) is 3.11. The smallest absolute Gasteiger partial charge is 0.418 e. The van der Waals surface area contributed by atoms with E-state index >= 15 is 0 Å². The summed E-state index contributed by atoms with van der Waals surface area (Å²) in [7, 11) is -5.35. The Morgan fingerprint density at radius 3 is 0.633 bits per heavy atom. The van der Waals surface area contributed by atoms with E-state index in [1.165, 1.54) is 38.9 Å². The van der Waals surface area contributed by atoms with Crippen LogP contribution in [0.1, 0.15) is 0 Å². The fraction of sp³-hybridized carbons (Fsp3) is 0.0250. The van der Waals surface area contributed by atoms with Gasteiger partial charge in [-0.05, 0) is 61.5 Å². The zero-order valence-electron chi connectivity index (χ0n) is 26.9. The number of methoxy groups -OCH3 is 1. The van der Waals surface area contributed by atoms with Gasteiger partial charge in [0, 0.05) is 7.11 Å². The number of benzene rings is 6. The summed E-state index contributed by atoms with van der Waals surface area (Å²) < 4.78 is 43.4. The summed E-state index contributed by atoms with van der Waals surface area (Å²) in [4.78, 5) is 0. The number of ether oxygens (including phenoxy) is 1. The van der Waals surface area contributed by atoms with Crippen LogP contribution in [-0.4, -0.2) is 14.4 Å². The predicted octanol–water partition coefficient (Wildman–Crippen LogP) is 9.02. The van der Waals surface area contributed by atoms with Gasteiger partial charge in [-0.1, -0.05) is 182 Å². The molecule has 0 fully saturated rings. The van der Waals surface area contributed by atoms with Crippen molar-refractivity contribution in [3.8, 4) is 0 Å². The van der Waals surface area contributed by atoms with Crippen molar-refractivity contribution < 1.29 is 43.1 Å². The van der Waals surface area contributed by atoms with Crippen LogP contribution in [0.2, 0.25) is 0 Å². The minimum Gasteiger partial charge on any atom is -0.418 e. The van der Waals surface area contributed by atoms with Crippen molar-refractivity contribution in [1.82, 2.24) is 0 Å². The molecule has 253 valence electrons. The van der Waals surface area contributed by atoms with Crippen molar-refractivity contribution >= 4 is 54.9 Å². The number of halogens is 4. The standard InChI is InChI=1S/2C18H15P.C4H7O.BF4.Pt/c2*1-4-10-16(11-5-1)19(17-12-6-2-7-13-17)18-14-8-3-9-15-18;1-4(2)5-3;2-1(3,4)5;/h2*1-15H;1-2H2,3H3;;/q;;;-1;+2. The van der Waals surface area contributed by atoms with E-state index in [0.717, 1.165) is 0 Å². The summed E-state index contributed by atoms with van der Waals surface area (Å²) in [6.45, 7) is 6.68. The monoisotopic (exact) mass is 877 g/mol. The fourth-order valence-electron chi connectivity index (χ4n) is 4.36. The van der Waals surface area contributed by atoms with Gasteiger partial charge in [0.15, 0.2) is 0 Å². The molecule has 0 unspecified atom stereocenters. The molecule has 0 N–H and O–H groups in total. The maximum Gasteiger partial charge on any atom is 2.00 e. The minimum absolute atomic E-state index is 0. The second-order valence-corrected chi connectivity index (χ2v) is 14.4. The van der Waals surface area contributed by atoms with Crippen molar-refractivity contribution in [3.05, 3.63) is 202 Å². The summed E-state index contributed by atoms with van der Waals surface area (Å²) in [6, 6.07) is 64.7. The topological polar surface area (TPSA) is 9.23 Å². The van der Waals surface area contributed by atoms with Crippen LogP contribution in [0.15, 0.2) is 182 Å². The van der Waals surface area contributed by atoms with Gasteiger partial charge in [0.1, 0.15) is 0 Å². The third-order valence-electron chi connectivity index (χ3n) is 6.38. The first-order chi connectivity index (χ1) is 23.2. The number of rotatable bonds is 7. The first-order valence-electron chi connectivity index (χ1n) is 15.0. The molecular weight excluding hydrogens is 840 g/mol. The Morgan fingerprint density at radius 2 is 0.531 bits per heavy atom. The Morgan fingerprint density at radius 1 is 0.408 bits per heavy atom. The predicted molar refractivity (Wildman–Crippen MR) is 201 cm³/mol. The molecule has 0 saturated heterocycles. The molecule has 0 amide bonds. The van der Waals surface area contributed by atoms with Gasteiger partial charge in [0.25, 0.3) is 0 Å². The normalized spacial score (nSPS) is 10.4. The van der Waals surface area contributed by atoms with Gasteiger partial charge < -0.3 is 22.0 Å². The molecule has 9 heteroatoms. The molecule has 0 atom stereocenters. The van der Waals surface area contributed by atoms with Gasteiger partial charge in [-0.3, -0.25) is 0 Å². The van der Waals surface area contributed by atoms with Gasteiger partial charge in [0.2, 0.25) is 0 Å². The Kier molecular flexibility index (Phi) is 19.7. The first-order valence-corrected chi connectivity index (χ1v) is 17.7. The molecule has 0 saturated carbocycles. The van der Waals surface area contributed by atoms with Crippen LogP contribution >= 0.6 is 15.8 Å². The number of hydrogen-bond donors (Lipinski definition) is 0.